The Balaban J connectivity index is 1.59. The second-order valence-corrected chi connectivity index (χ2v) is 10.0. The van der Waals surface area contributed by atoms with E-state index in [4.69, 9.17) is 21.1 Å². The van der Waals surface area contributed by atoms with Gasteiger partial charge in [0.2, 0.25) is 0 Å². The predicted molar refractivity (Wildman–Crippen MR) is 127 cm³/mol. The van der Waals surface area contributed by atoms with E-state index in [1.165, 1.54) is 18.2 Å². The number of ether oxygens (including phenoxy) is 2. The fourth-order valence-corrected chi connectivity index (χ4v) is 5.63. The van der Waals surface area contributed by atoms with Crippen molar-refractivity contribution in [1.82, 2.24) is 4.90 Å². The van der Waals surface area contributed by atoms with E-state index in [0.717, 1.165) is 0 Å². The Labute approximate surface area is 208 Å². The number of hydrogen-bond donors (Lipinski definition) is 1. The van der Waals surface area contributed by atoms with Gasteiger partial charge in [0.25, 0.3) is 5.91 Å². The molecule has 5 atom stereocenters. The van der Waals surface area contributed by atoms with Crippen LogP contribution in [0.25, 0.3) is 0 Å². The number of carbonyl (C=O) groups excluding carboxylic acids is 2. The lowest BCUT2D eigenvalue weighted by Crippen LogP contribution is -2.44. The highest BCUT2D eigenvalue weighted by atomic mass is 35.5. The third-order valence-corrected chi connectivity index (χ3v) is 7.78. The normalized spacial score (nSPS) is 28.0. The lowest BCUT2D eigenvalue weighted by Gasteiger charge is -2.40. The third-order valence-electron chi connectivity index (χ3n) is 7.17. The van der Waals surface area contributed by atoms with E-state index in [9.17, 15) is 19.1 Å². The maximum atomic E-state index is 13.8. The quantitative estimate of drug-likeness (QED) is 0.593. The molecule has 2 aromatic carbocycles. The molecule has 0 radical (unpaired) electrons. The molecule has 0 aromatic heterocycles. The number of hydrogen-bond acceptors (Lipinski definition) is 5. The molecule has 2 aromatic rings. The van der Waals surface area contributed by atoms with Crippen LogP contribution in [0.5, 0.6) is 11.5 Å². The zero-order valence-electron chi connectivity index (χ0n) is 19.5. The lowest BCUT2D eigenvalue weighted by atomic mass is 9.74. The number of phenolic OH excluding ortho intramolecular Hbond substituents is 1. The lowest BCUT2D eigenvalue weighted by molar-refractivity contribution is -0.136. The van der Waals surface area contributed by atoms with E-state index in [0.29, 0.717) is 36.1 Å². The Morgan fingerprint density at radius 2 is 1.91 bits per heavy atom. The molecule has 2 aliphatic heterocycles. The van der Waals surface area contributed by atoms with Gasteiger partial charge >= 0.3 is 0 Å². The summed E-state index contributed by atoms with van der Waals surface area (Å²) in [5.41, 5.74) is 1.64. The number of halogens is 2. The number of amides is 1. The molecule has 1 fully saturated rings. The molecule has 5 rings (SSSR count). The zero-order valence-corrected chi connectivity index (χ0v) is 20.3. The van der Waals surface area contributed by atoms with Gasteiger partial charge in [0.05, 0.1) is 24.1 Å². The van der Waals surface area contributed by atoms with Crippen molar-refractivity contribution in [3.05, 3.63) is 70.7 Å². The molecular weight excluding hydrogens is 473 g/mol. The fourth-order valence-electron chi connectivity index (χ4n) is 5.33. The standard InChI is InChI=1S/C27H27ClFNO5/c1-3-34-22-11-16(6-9-20(22)31)24-23-25(32)18-12-19(28)14(2)10-21(18)35-26(23)27(33)30(24)13-15-4-7-17(29)8-5-15/h4-9,11,14,18-19,21,24,31H,3,10,12-13H2,1-2H3. The summed E-state index contributed by atoms with van der Waals surface area (Å²) >= 11 is 6.52. The molecule has 184 valence electrons. The number of rotatable bonds is 5. The maximum absolute atomic E-state index is 13.8. The molecule has 1 saturated carbocycles. The van der Waals surface area contributed by atoms with E-state index < -0.39 is 12.0 Å². The number of Topliss-reactive ketones (excluding diaryl/α,β-unsaturated/α-hetero) is 1. The maximum Gasteiger partial charge on any atom is 0.290 e. The second kappa shape index (κ2) is 9.19. The van der Waals surface area contributed by atoms with Crippen molar-refractivity contribution in [2.24, 2.45) is 11.8 Å². The van der Waals surface area contributed by atoms with Crippen LogP contribution in [0.15, 0.2) is 53.8 Å². The number of nitrogens with zero attached hydrogens (tertiary/aromatic N) is 1. The average Bonchev–Trinajstić information content (AvgIpc) is 3.10. The van der Waals surface area contributed by atoms with Gasteiger partial charge in [-0.15, -0.1) is 11.6 Å². The summed E-state index contributed by atoms with van der Waals surface area (Å²) < 4.78 is 25.3. The Bertz CT molecular complexity index is 1200. The van der Waals surface area contributed by atoms with Crippen molar-refractivity contribution in [1.29, 1.82) is 0 Å². The Morgan fingerprint density at radius 3 is 2.63 bits per heavy atom. The van der Waals surface area contributed by atoms with Crippen LogP contribution >= 0.6 is 11.6 Å². The van der Waals surface area contributed by atoms with Crippen LogP contribution in [0, 0.1) is 17.7 Å². The van der Waals surface area contributed by atoms with Gasteiger partial charge in [0, 0.05) is 11.9 Å². The van der Waals surface area contributed by atoms with Crippen LogP contribution in [0.3, 0.4) is 0 Å². The minimum atomic E-state index is -0.732. The Kier molecular flexibility index (Phi) is 6.21. The molecule has 35 heavy (non-hydrogen) atoms. The minimum absolute atomic E-state index is 0.0308. The number of aromatic hydroxyl groups is 1. The summed E-state index contributed by atoms with van der Waals surface area (Å²) in [4.78, 5) is 29.1. The average molecular weight is 500 g/mol. The van der Waals surface area contributed by atoms with Gasteiger partial charge in [0.1, 0.15) is 11.9 Å². The number of alkyl halides is 1. The monoisotopic (exact) mass is 499 g/mol. The number of phenols is 1. The smallest absolute Gasteiger partial charge is 0.290 e. The van der Waals surface area contributed by atoms with E-state index in [1.54, 1.807) is 36.1 Å². The molecule has 0 spiro atoms. The van der Waals surface area contributed by atoms with Gasteiger partial charge in [-0.25, -0.2) is 4.39 Å². The van der Waals surface area contributed by atoms with Crippen molar-refractivity contribution < 1.29 is 28.6 Å². The number of ketones is 1. The SMILES string of the molecule is CCOc1cc(C2C3=C(OC4CC(C)C(Cl)CC4C3=O)C(=O)N2Cc2ccc(F)cc2)ccc1O. The van der Waals surface area contributed by atoms with Gasteiger partial charge in [-0.3, -0.25) is 9.59 Å². The molecule has 6 nitrogen and oxygen atoms in total. The molecule has 3 aliphatic rings. The zero-order chi connectivity index (χ0) is 24.9. The molecule has 8 heteroatoms. The highest BCUT2D eigenvalue weighted by Crippen LogP contribution is 2.49. The Morgan fingerprint density at radius 1 is 1.17 bits per heavy atom. The fraction of sp³-hybridized carbons (Fsp3) is 0.407. The van der Waals surface area contributed by atoms with Crippen molar-refractivity contribution in [2.75, 3.05) is 6.61 Å². The summed E-state index contributed by atoms with van der Waals surface area (Å²) in [6, 6.07) is 9.99. The minimum Gasteiger partial charge on any atom is -0.504 e. The molecule has 1 amide bonds. The van der Waals surface area contributed by atoms with Crippen LogP contribution in [-0.2, 0) is 20.9 Å². The van der Waals surface area contributed by atoms with Gasteiger partial charge in [-0.1, -0.05) is 25.1 Å². The first-order valence-corrected chi connectivity index (χ1v) is 12.3. The van der Waals surface area contributed by atoms with Crippen LogP contribution < -0.4 is 4.74 Å². The number of fused-ring (bicyclic) bond motifs is 1. The highest BCUT2D eigenvalue weighted by molar-refractivity contribution is 6.21. The van der Waals surface area contributed by atoms with E-state index >= 15 is 0 Å². The molecule has 5 unspecified atom stereocenters. The van der Waals surface area contributed by atoms with Crippen LogP contribution in [0.1, 0.15) is 43.9 Å². The first-order valence-electron chi connectivity index (χ1n) is 11.9. The highest BCUT2D eigenvalue weighted by Gasteiger charge is 2.53. The first-order chi connectivity index (χ1) is 16.8. The van der Waals surface area contributed by atoms with Crippen molar-refractivity contribution >= 4 is 23.3 Å². The van der Waals surface area contributed by atoms with Crippen molar-refractivity contribution in [3.63, 3.8) is 0 Å². The van der Waals surface area contributed by atoms with Gasteiger partial charge in [-0.2, -0.15) is 0 Å². The molecule has 0 saturated heterocycles. The molecule has 1 aliphatic carbocycles. The van der Waals surface area contributed by atoms with Gasteiger partial charge in [-0.05, 0) is 61.1 Å². The van der Waals surface area contributed by atoms with Crippen LogP contribution in [-0.4, -0.2) is 39.8 Å². The first kappa shape index (κ1) is 23.7. The van der Waals surface area contributed by atoms with Crippen molar-refractivity contribution in [3.8, 4) is 11.5 Å². The second-order valence-electron chi connectivity index (χ2n) is 9.46. The summed E-state index contributed by atoms with van der Waals surface area (Å²) in [7, 11) is 0. The summed E-state index contributed by atoms with van der Waals surface area (Å²) in [5.74, 6) is -0.817. The number of carbonyl (C=O) groups is 2. The van der Waals surface area contributed by atoms with E-state index in [1.807, 2.05) is 6.92 Å². The predicted octanol–water partition coefficient (Wildman–Crippen LogP) is 4.89. The topological polar surface area (TPSA) is 76.1 Å². The third kappa shape index (κ3) is 4.16. The number of benzene rings is 2. The summed E-state index contributed by atoms with van der Waals surface area (Å²) in [5, 5.41) is 10.1. The molecular formula is C27H27ClFNO5. The largest absolute Gasteiger partial charge is 0.504 e. The van der Waals surface area contributed by atoms with Gasteiger partial charge in [0.15, 0.2) is 23.0 Å². The van der Waals surface area contributed by atoms with E-state index in [-0.39, 0.29) is 58.7 Å². The van der Waals surface area contributed by atoms with Crippen LogP contribution in [0.2, 0.25) is 0 Å². The van der Waals surface area contributed by atoms with Gasteiger partial charge < -0.3 is 19.5 Å². The summed E-state index contributed by atoms with van der Waals surface area (Å²) in [6.07, 6.45) is 0.701. The molecule has 2 heterocycles. The summed E-state index contributed by atoms with van der Waals surface area (Å²) in [6.45, 7) is 4.33. The molecule has 0 bridgehead atoms. The Hall–Kier alpha value is -3.06. The van der Waals surface area contributed by atoms with Crippen molar-refractivity contribution in [2.45, 2.75) is 50.8 Å². The van der Waals surface area contributed by atoms with E-state index in [2.05, 4.69) is 0 Å². The molecule has 1 N–H and O–H groups in total. The van der Waals surface area contributed by atoms with Crippen LogP contribution in [0.4, 0.5) is 4.39 Å².